The molecule has 0 saturated heterocycles. The van der Waals surface area contributed by atoms with E-state index in [0.29, 0.717) is 11.1 Å². The highest BCUT2D eigenvalue weighted by Gasteiger charge is 2.02. The highest BCUT2D eigenvalue weighted by Crippen LogP contribution is 2.20. The van der Waals surface area contributed by atoms with Crippen molar-refractivity contribution in [1.82, 2.24) is 5.32 Å². The van der Waals surface area contributed by atoms with Crippen molar-refractivity contribution in [1.29, 1.82) is 0 Å². The molecule has 14 heavy (non-hydrogen) atoms. The number of halogens is 2. The summed E-state index contributed by atoms with van der Waals surface area (Å²) < 4.78 is 0. The Balaban J connectivity index is 2.59. The van der Waals surface area contributed by atoms with Gasteiger partial charge in [0.05, 0.1) is 0 Å². The van der Waals surface area contributed by atoms with Gasteiger partial charge in [-0.1, -0.05) is 36.2 Å². The van der Waals surface area contributed by atoms with Gasteiger partial charge in [0.25, 0.3) is 0 Å². The second-order valence-electron chi connectivity index (χ2n) is 3.43. The minimum absolute atomic E-state index is 0.516. The molecule has 0 radical (unpaired) electrons. The van der Waals surface area contributed by atoms with Crippen LogP contribution in [0.15, 0.2) is 18.2 Å². The van der Waals surface area contributed by atoms with E-state index in [1.807, 2.05) is 12.1 Å². The van der Waals surface area contributed by atoms with E-state index in [-0.39, 0.29) is 0 Å². The zero-order valence-corrected chi connectivity index (χ0v) is 9.99. The maximum Gasteiger partial charge on any atom is 0.0465 e. The highest BCUT2D eigenvalue weighted by atomic mass is 35.5. The van der Waals surface area contributed by atoms with Gasteiger partial charge in [0.1, 0.15) is 0 Å². The van der Waals surface area contributed by atoms with Gasteiger partial charge in [-0.3, -0.25) is 0 Å². The van der Waals surface area contributed by atoms with Gasteiger partial charge in [0.2, 0.25) is 0 Å². The molecule has 0 unspecified atom stereocenters. The van der Waals surface area contributed by atoms with Crippen LogP contribution in [-0.4, -0.2) is 6.04 Å². The van der Waals surface area contributed by atoms with Crippen molar-refractivity contribution in [2.75, 3.05) is 0 Å². The predicted molar refractivity (Wildman–Crippen MR) is 63.1 cm³/mol. The third-order valence-electron chi connectivity index (χ3n) is 2.27. The summed E-state index contributed by atoms with van der Waals surface area (Å²) in [5.74, 6) is 0. The van der Waals surface area contributed by atoms with E-state index in [2.05, 4.69) is 19.2 Å². The summed E-state index contributed by atoms with van der Waals surface area (Å²) >= 11 is 11.8. The largest absolute Gasteiger partial charge is 0.310 e. The van der Waals surface area contributed by atoms with Crippen LogP contribution in [0.3, 0.4) is 0 Å². The third kappa shape index (κ3) is 3.49. The summed E-state index contributed by atoms with van der Waals surface area (Å²) in [6, 6.07) is 6.11. The van der Waals surface area contributed by atoms with E-state index in [0.717, 1.165) is 23.6 Å². The summed E-state index contributed by atoms with van der Waals surface area (Å²) in [6.45, 7) is 5.11. The number of nitrogens with one attached hydrogen (secondary N) is 1. The molecule has 1 atom stereocenters. The average molecular weight is 232 g/mol. The first-order chi connectivity index (χ1) is 6.63. The third-order valence-corrected chi connectivity index (χ3v) is 2.86. The van der Waals surface area contributed by atoms with Crippen LogP contribution < -0.4 is 5.32 Å². The molecule has 1 aromatic carbocycles. The Morgan fingerprint density at radius 2 is 2.07 bits per heavy atom. The van der Waals surface area contributed by atoms with Crippen molar-refractivity contribution in [2.24, 2.45) is 0 Å². The van der Waals surface area contributed by atoms with E-state index in [4.69, 9.17) is 23.2 Å². The molecule has 0 spiro atoms. The Kier molecular flexibility index (Phi) is 4.73. The van der Waals surface area contributed by atoms with E-state index in [9.17, 15) is 0 Å². The fourth-order valence-corrected chi connectivity index (χ4v) is 1.57. The molecular weight excluding hydrogens is 217 g/mol. The minimum atomic E-state index is 0.516. The lowest BCUT2D eigenvalue weighted by Gasteiger charge is -2.12. The van der Waals surface area contributed by atoms with Crippen LogP contribution in [0.1, 0.15) is 25.8 Å². The second kappa shape index (κ2) is 5.59. The Morgan fingerprint density at radius 1 is 1.36 bits per heavy atom. The van der Waals surface area contributed by atoms with E-state index >= 15 is 0 Å². The average Bonchev–Trinajstić information content (AvgIpc) is 2.16. The fourth-order valence-electron chi connectivity index (χ4n) is 1.09. The zero-order valence-electron chi connectivity index (χ0n) is 8.48. The summed E-state index contributed by atoms with van der Waals surface area (Å²) in [6.07, 6.45) is 1.12. The van der Waals surface area contributed by atoms with Gasteiger partial charge in [-0.2, -0.15) is 0 Å². The normalized spacial score (nSPS) is 12.9. The number of rotatable bonds is 4. The maximum absolute atomic E-state index is 6.03. The quantitative estimate of drug-likeness (QED) is 0.830. The molecule has 0 fully saturated rings. The summed E-state index contributed by atoms with van der Waals surface area (Å²) in [5, 5.41) is 4.79. The first-order valence-electron chi connectivity index (χ1n) is 4.80. The smallest absolute Gasteiger partial charge is 0.0465 e. The summed E-state index contributed by atoms with van der Waals surface area (Å²) in [7, 11) is 0. The molecule has 0 aromatic heterocycles. The van der Waals surface area contributed by atoms with Gasteiger partial charge in [-0.25, -0.2) is 0 Å². The molecule has 1 rings (SSSR count). The number of benzene rings is 1. The molecule has 78 valence electrons. The van der Waals surface area contributed by atoms with Crippen LogP contribution in [0.5, 0.6) is 0 Å². The Hall–Kier alpha value is -0.240. The molecule has 0 aliphatic carbocycles. The number of hydrogen-bond acceptors (Lipinski definition) is 1. The molecule has 0 saturated carbocycles. The molecule has 1 nitrogen and oxygen atoms in total. The van der Waals surface area contributed by atoms with Crippen LogP contribution in [0.25, 0.3) is 0 Å². The fraction of sp³-hybridized carbons (Fsp3) is 0.455. The van der Waals surface area contributed by atoms with Crippen molar-refractivity contribution in [2.45, 2.75) is 32.9 Å². The Morgan fingerprint density at radius 3 is 2.64 bits per heavy atom. The molecule has 0 aliphatic rings. The summed E-state index contributed by atoms with van der Waals surface area (Å²) in [5.41, 5.74) is 1.09. The van der Waals surface area contributed by atoms with Gasteiger partial charge >= 0.3 is 0 Å². The first-order valence-corrected chi connectivity index (χ1v) is 5.56. The van der Waals surface area contributed by atoms with E-state index in [1.54, 1.807) is 6.07 Å². The van der Waals surface area contributed by atoms with Crippen molar-refractivity contribution in [3.8, 4) is 0 Å². The first kappa shape index (κ1) is 11.8. The SMILES string of the molecule is CC[C@@H](C)NCc1ccc(Cl)cc1Cl. The highest BCUT2D eigenvalue weighted by molar-refractivity contribution is 6.35. The minimum Gasteiger partial charge on any atom is -0.310 e. The topological polar surface area (TPSA) is 12.0 Å². The van der Waals surface area contributed by atoms with Crippen molar-refractivity contribution in [3.63, 3.8) is 0 Å². The van der Waals surface area contributed by atoms with E-state index < -0.39 is 0 Å². The zero-order chi connectivity index (χ0) is 10.6. The second-order valence-corrected chi connectivity index (χ2v) is 4.27. The van der Waals surface area contributed by atoms with Gasteiger partial charge < -0.3 is 5.32 Å². The molecule has 0 aliphatic heterocycles. The Labute approximate surface area is 95.4 Å². The molecule has 1 N–H and O–H groups in total. The maximum atomic E-state index is 6.03. The number of hydrogen-bond donors (Lipinski definition) is 1. The van der Waals surface area contributed by atoms with Gasteiger partial charge in [-0.15, -0.1) is 0 Å². The summed E-state index contributed by atoms with van der Waals surface area (Å²) in [4.78, 5) is 0. The van der Waals surface area contributed by atoms with Crippen LogP contribution >= 0.6 is 23.2 Å². The van der Waals surface area contributed by atoms with Gasteiger partial charge in [-0.05, 0) is 31.0 Å². The van der Waals surface area contributed by atoms with Crippen molar-refractivity contribution < 1.29 is 0 Å². The van der Waals surface area contributed by atoms with Crippen molar-refractivity contribution in [3.05, 3.63) is 33.8 Å². The molecule has 0 heterocycles. The molecule has 3 heteroatoms. The Bertz CT molecular complexity index is 299. The van der Waals surface area contributed by atoms with Crippen LogP contribution in [0, 0.1) is 0 Å². The van der Waals surface area contributed by atoms with Crippen LogP contribution in [0.4, 0.5) is 0 Å². The molecule has 0 bridgehead atoms. The predicted octanol–water partition coefficient (Wildman–Crippen LogP) is 3.88. The van der Waals surface area contributed by atoms with Crippen LogP contribution in [0.2, 0.25) is 10.0 Å². The molecular formula is C11H15Cl2N. The van der Waals surface area contributed by atoms with Crippen molar-refractivity contribution >= 4 is 23.2 Å². The standard InChI is InChI=1S/C11H15Cl2N/c1-3-8(2)14-7-9-4-5-10(12)6-11(9)13/h4-6,8,14H,3,7H2,1-2H3/t8-/m1/s1. The lowest BCUT2D eigenvalue weighted by Crippen LogP contribution is -2.24. The monoisotopic (exact) mass is 231 g/mol. The molecule has 0 amide bonds. The lowest BCUT2D eigenvalue weighted by molar-refractivity contribution is 0.534. The van der Waals surface area contributed by atoms with Gasteiger partial charge in [0.15, 0.2) is 0 Å². The lowest BCUT2D eigenvalue weighted by atomic mass is 10.2. The van der Waals surface area contributed by atoms with E-state index in [1.165, 1.54) is 0 Å². The van der Waals surface area contributed by atoms with Gasteiger partial charge in [0, 0.05) is 22.6 Å². The van der Waals surface area contributed by atoms with Crippen LogP contribution in [-0.2, 0) is 6.54 Å². The molecule has 1 aromatic rings.